The molecule has 0 fully saturated rings. The molecule has 0 saturated heterocycles. The zero-order valence-electron chi connectivity index (χ0n) is 10.9. The summed E-state index contributed by atoms with van der Waals surface area (Å²) >= 11 is 0. The van der Waals surface area contributed by atoms with E-state index in [2.05, 4.69) is 6.92 Å². The maximum atomic E-state index is 9.05. The van der Waals surface area contributed by atoms with E-state index in [1.165, 1.54) is 32.1 Å². The second-order valence-corrected chi connectivity index (χ2v) is 4.95. The minimum Gasteiger partial charge on any atom is -0.396 e. The van der Waals surface area contributed by atoms with Crippen molar-refractivity contribution in [3.05, 3.63) is 0 Å². The van der Waals surface area contributed by atoms with Gasteiger partial charge in [-0.15, -0.1) is 0 Å². The third-order valence-electron chi connectivity index (χ3n) is 2.86. The fourth-order valence-corrected chi connectivity index (χ4v) is 1.44. The fourth-order valence-electron chi connectivity index (χ4n) is 1.44. The van der Waals surface area contributed by atoms with E-state index in [0.29, 0.717) is 6.61 Å². The normalized spacial score (nSPS) is 12.0. The number of hydrogen-bond acceptors (Lipinski definition) is 3. The van der Waals surface area contributed by atoms with Gasteiger partial charge in [-0.25, -0.2) is 0 Å². The van der Waals surface area contributed by atoms with Crippen LogP contribution in [-0.2, 0) is 4.74 Å². The molecule has 0 aromatic rings. The molecule has 0 amide bonds. The van der Waals surface area contributed by atoms with Crippen LogP contribution in [0, 0.1) is 5.41 Å². The summed E-state index contributed by atoms with van der Waals surface area (Å²) in [5.41, 5.74) is -0.484. The average Bonchev–Trinajstić information content (AvgIpc) is 2.32. The molecule has 0 saturated carbocycles. The van der Waals surface area contributed by atoms with Gasteiger partial charge in [0.1, 0.15) is 0 Å². The lowest BCUT2D eigenvalue weighted by molar-refractivity contribution is -0.0169. The molecule has 0 rings (SSSR count). The summed E-state index contributed by atoms with van der Waals surface area (Å²) in [5.74, 6) is 0. The van der Waals surface area contributed by atoms with Crippen LogP contribution in [-0.4, -0.2) is 36.6 Å². The number of aliphatic hydroxyl groups excluding tert-OH is 2. The van der Waals surface area contributed by atoms with Crippen molar-refractivity contribution in [1.29, 1.82) is 0 Å². The van der Waals surface area contributed by atoms with E-state index >= 15 is 0 Å². The predicted molar refractivity (Wildman–Crippen MR) is 66.5 cm³/mol. The molecular weight excluding hydrogens is 204 g/mol. The van der Waals surface area contributed by atoms with Gasteiger partial charge in [-0.2, -0.15) is 0 Å². The summed E-state index contributed by atoms with van der Waals surface area (Å²) in [6.07, 6.45) is 7.51. The maximum Gasteiger partial charge on any atom is 0.0563 e. The largest absolute Gasteiger partial charge is 0.396 e. The van der Waals surface area contributed by atoms with Crippen molar-refractivity contribution < 1.29 is 14.9 Å². The van der Waals surface area contributed by atoms with Crippen LogP contribution in [0.1, 0.15) is 52.4 Å². The molecule has 0 aliphatic heterocycles. The topological polar surface area (TPSA) is 49.7 Å². The standard InChI is InChI=1S/C13H28O3/c1-3-4-5-6-7-8-9-16-12-13(2,10-14)11-15/h14-15H,3-12H2,1-2H3. The summed E-state index contributed by atoms with van der Waals surface area (Å²) in [7, 11) is 0. The second-order valence-electron chi connectivity index (χ2n) is 4.95. The molecule has 3 heteroatoms. The molecule has 0 aliphatic rings. The highest BCUT2D eigenvalue weighted by atomic mass is 16.5. The molecule has 3 nitrogen and oxygen atoms in total. The van der Waals surface area contributed by atoms with Crippen LogP contribution < -0.4 is 0 Å². The van der Waals surface area contributed by atoms with E-state index in [9.17, 15) is 0 Å². The van der Waals surface area contributed by atoms with E-state index in [1.807, 2.05) is 6.92 Å². The van der Waals surface area contributed by atoms with Crippen molar-refractivity contribution in [3.8, 4) is 0 Å². The number of ether oxygens (including phenoxy) is 1. The summed E-state index contributed by atoms with van der Waals surface area (Å²) in [5, 5.41) is 18.1. The Kier molecular flexibility index (Phi) is 9.99. The molecule has 0 unspecified atom stereocenters. The van der Waals surface area contributed by atoms with Crippen molar-refractivity contribution in [3.63, 3.8) is 0 Å². The first-order chi connectivity index (χ1) is 7.68. The zero-order valence-corrected chi connectivity index (χ0v) is 10.9. The molecular formula is C13H28O3. The van der Waals surface area contributed by atoms with Crippen LogP contribution >= 0.6 is 0 Å². The number of hydrogen-bond donors (Lipinski definition) is 2. The molecule has 98 valence electrons. The van der Waals surface area contributed by atoms with Crippen LogP contribution in [0.3, 0.4) is 0 Å². The molecule has 0 aliphatic carbocycles. The lowest BCUT2D eigenvalue weighted by Crippen LogP contribution is -2.31. The van der Waals surface area contributed by atoms with Crippen LogP contribution in [0.25, 0.3) is 0 Å². The number of rotatable bonds is 11. The molecule has 16 heavy (non-hydrogen) atoms. The van der Waals surface area contributed by atoms with Crippen molar-refractivity contribution in [2.24, 2.45) is 5.41 Å². The molecule has 0 radical (unpaired) electrons. The van der Waals surface area contributed by atoms with Gasteiger partial charge in [0.2, 0.25) is 0 Å². The Morgan fingerprint density at radius 3 is 2.06 bits per heavy atom. The summed E-state index contributed by atoms with van der Waals surface area (Å²) in [6, 6.07) is 0. The Hall–Kier alpha value is -0.120. The lowest BCUT2D eigenvalue weighted by Gasteiger charge is -2.24. The average molecular weight is 232 g/mol. The lowest BCUT2D eigenvalue weighted by atomic mass is 9.95. The summed E-state index contributed by atoms with van der Waals surface area (Å²) in [4.78, 5) is 0. The van der Waals surface area contributed by atoms with E-state index in [0.717, 1.165) is 13.0 Å². The van der Waals surface area contributed by atoms with Crippen LogP contribution in [0.4, 0.5) is 0 Å². The van der Waals surface area contributed by atoms with E-state index < -0.39 is 5.41 Å². The first-order valence-corrected chi connectivity index (χ1v) is 6.48. The molecule has 0 atom stereocenters. The Labute approximate surface area is 99.8 Å². The Morgan fingerprint density at radius 1 is 0.938 bits per heavy atom. The van der Waals surface area contributed by atoms with Crippen LogP contribution in [0.15, 0.2) is 0 Å². The molecule has 0 aromatic heterocycles. The maximum absolute atomic E-state index is 9.05. The summed E-state index contributed by atoms with van der Waals surface area (Å²) < 4.78 is 5.47. The number of unbranched alkanes of at least 4 members (excludes halogenated alkanes) is 5. The van der Waals surface area contributed by atoms with E-state index in [4.69, 9.17) is 14.9 Å². The van der Waals surface area contributed by atoms with E-state index in [1.54, 1.807) is 0 Å². The third-order valence-corrected chi connectivity index (χ3v) is 2.86. The first kappa shape index (κ1) is 15.9. The fraction of sp³-hybridized carbons (Fsp3) is 1.00. The van der Waals surface area contributed by atoms with Gasteiger partial charge in [0, 0.05) is 12.0 Å². The molecule has 0 aromatic carbocycles. The highest BCUT2D eigenvalue weighted by Gasteiger charge is 2.22. The Bertz CT molecular complexity index is 144. The molecule has 2 N–H and O–H groups in total. The van der Waals surface area contributed by atoms with Gasteiger partial charge in [-0.1, -0.05) is 46.0 Å². The van der Waals surface area contributed by atoms with Gasteiger partial charge in [0.05, 0.1) is 19.8 Å². The monoisotopic (exact) mass is 232 g/mol. The molecule has 0 spiro atoms. The Morgan fingerprint density at radius 2 is 1.50 bits per heavy atom. The summed E-state index contributed by atoms with van der Waals surface area (Å²) in [6.45, 7) is 5.17. The van der Waals surface area contributed by atoms with Crippen LogP contribution in [0.2, 0.25) is 0 Å². The SMILES string of the molecule is CCCCCCCCOCC(C)(CO)CO. The predicted octanol–water partition coefficient (Wildman–Crippen LogP) is 2.35. The van der Waals surface area contributed by atoms with Crippen molar-refractivity contribution in [2.75, 3.05) is 26.4 Å². The van der Waals surface area contributed by atoms with E-state index in [-0.39, 0.29) is 13.2 Å². The second kappa shape index (κ2) is 10.1. The number of aliphatic hydroxyl groups is 2. The molecule has 0 bridgehead atoms. The smallest absolute Gasteiger partial charge is 0.0563 e. The minimum absolute atomic E-state index is 0.0278. The van der Waals surface area contributed by atoms with Gasteiger partial charge in [0.25, 0.3) is 0 Å². The minimum atomic E-state index is -0.484. The highest BCUT2D eigenvalue weighted by molar-refractivity contribution is 4.70. The highest BCUT2D eigenvalue weighted by Crippen LogP contribution is 2.14. The van der Waals surface area contributed by atoms with Gasteiger partial charge < -0.3 is 14.9 Å². The Balaban J connectivity index is 3.26. The van der Waals surface area contributed by atoms with Crippen molar-refractivity contribution in [2.45, 2.75) is 52.4 Å². The van der Waals surface area contributed by atoms with Crippen molar-refractivity contribution >= 4 is 0 Å². The van der Waals surface area contributed by atoms with Gasteiger partial charge in [-0.3, -0.25) is 0 Å². The molecule has 0 heterocycles. The van der Waals surface area contributed by atoms with Gasteiger partial charge in [0.15, 0.2) is 0 Å². The van der Waals surface area contributed by atoms with Crippen LogP contribution in [0.5, 0.6) is 0 Å². The van der Waals surface area contributed by atoms with Crippen molar-refractivity contribution in [1.82, 2.24) is 0 Å². The first-order valence-electron chi connectivity index (χ1n) is 6.48. The zero-order chi connectivity index (χ0) is 12.3. The van der Waals surface area contributed by atoms with Gasteiger partial charge in [-0.05, 0) is 6.42 Å². The van der Waals surface area contributed by atoms with Gasteiger partial charge >= 0.3 is 0 Å². The third kappa shape index (κ3) is 8.08. The quantitative estimate of drug-likeness (QED) is 0.538.